The van der Waals surface area contributed by atoms with E-state index in [0.717, 1.165) is 17.3 Å². The molecule has 5 heteroatoms. The zero-order valence-corrected chi connectivity index (χ0v) is 13.1. The Morgan fingerprint density at radius 2 is 2.16 bits per heavy atom. The van der Waals surface area contributed by atoms with Crippen LogP contribution in [0.3, 0.4) is 0 Å². The van der Waals surface area contributed by atoms with Crippen LogP contribution in [-0.4, -0.2) is 26.8 Å². The molecule has 1 rings (SSSR count). The molecule has 2 unspecified atom stereocenters. The van der Waals surface area contributed by atoms with Gasteiger partial charge in [0.25, 0.3) is 0 Å². The lowest BCUT2D eigenvalue weighted by molar-refractivity contribution is 0.382. The number of aryl methyl sites for hydroxylation is 1. The van der Waals surface area contributed by atoms with Gasteiger partial charge in [-0.1, -0.05) is 18.7 Å². The van der Waals surface area contributed by atoms with Crippen LogP contribution in [0.2, 0.25) is 0 Å². The summed E-state index contributed by atoms with van der Waals surface area (Å²) in [6.07, 6.45) is 2.52. The van der Waals surface area contributed by atoms with Crippen LogP contribution in [-0.2, 0) is 0 Å². The van der Waals surface area contributed by atoms with Gasteiger partial charge in [0.05, 0.1) is 6.07 Å². The lowest BCUT2D eigenvalue weighted by atomic mass is 9.97. The molecule has 0 saturated heterocycles. The third kappa shape index (κ3) is 5.58. The van der Waals surface area contributed by atoms with Gasteiger partial charge in [-0.15, -0.1) is 0 Å². The van der Waals surface area contributed by atoms with Gasteiger partial charge in [-0.25, -0.2) is 9.97 Å². The van der Waals surface area contributed by atoms with Crippen LogP contribution >= 0.6 is 11.8 Å². The summed E-state index contributed by atoms with van der Waals surface area (Å²) >= 11 is 1.61. The van der Waals surface area contributed by atoms with Gasteiger partial charge in [0.15, 0.2) is 5.16 Å². The zero-order valence-electron chi connectivity index (χ0n) is 12.3. The Hall–Kier alpha value is -1.12. The Kier molecular flexibility index (Phi) is 5.77. The van der Waals surface area contributed by atoms with Crippen molar-refractivity contribution in [2.75, 3.05) is 0 Å². The summed E-state index contributed by atoms with van der Waals surface area (Å²) in [5.41, 5.74) is 0.456. The second-order valence-electron chi connectivity index (χ2n) is 5.36. The van der Waals surface area contributed by atoms with E-state index in [2.05, 4.69) is 42.1 Å². The largest absolute Gasteiger partial charge is 0.297 e. The van der Waals surface area contributed by atoms with Crippen LogP contribution in [0.15, 0.2) is 17.4 Å². The predicted molar refractivity (Wildman–Crippen MR) is 79.0 cm³/mol. The molecule has 104 valence electrons. The lowest BCUT2D eigenvalue weighted by Gasteiger charge is -2.28. The quantitative estimate of drug-likeness (QED) is 0.640. The molecular weight excluding hydrogens is 256 g/mol. The van der Waals surface area contributed by atoms with Gasteiger partial charge in [0, 0.05) is 23.2 Å². The molecule has 2 atom stereocenters. The van der Waals surface area contributed by atoms with E-state index in [0.29, 0.717) is 0 Å². The molecule has 1 heterocycles. The SMILES string of the molecule is Cc1ccnc(SC(C)CC(C)(C#N)NC(C)C)n1. The molecule has 0 saturated carbocycles. The molecule has 0 radical (unpaired) electrons. The highest BCUT2D eigenvalue weighted by Crippen LogP contribution is 2.26. The molecule has 0 aliphatic carbocycles. The molecule has 0 aliphatic heterocycles. The van der Waals surface area contributed by atoms with Crippen molar-refractivity contribution in [3.63, 3.8) is 0 Å². The van der Waals surface area contributed by atoms with Gasteiger partial charge in [0.1, 0.15) is 5.54 Å². The summed E-state index contributed by atoms with van der Waals surface area (Å²) in [5, 5.41) is 13.7. The average Bonchev–Trinajstić information content (AvgIpc) is 2.27. The van der Waals surface area contributed by atoms with Crippen molar-refractivity contribution < 1.29 is 0 Å². The molecule has 1 aromatic heterocycles. The molecule has 0 aromatic carbocycles. The summed E-state index contributed by atoms with van der Waals surface area (Å²) in [6.45, 7) is 10.1. The van der Waals surface area contributed by atoms with Gasteiger partial charge in [0.2, 0.25) is 0 Å². The average molecular weight is 278 g/mol. The summed E-state index contributed by atoms with van der Waals surface area (Å²) in [5.74, 6) is 0. The summed E-state index contributed by atoms with van der Waals surface area (Å²) < 4.78 is 0. The summed E-state index contributed by atoms with van der Waals surface area (Å²) in [4.78, 5) is 8.62. The zero-order chi connectivity index (χ0) is 14.5. The summed E-state index contributed by atoms with van der Waals surface area (Å²) in [7, 11) is 0. The number of rotatable bonds is 6. The molecule has 19 heavy (non-hydrogen) atoms. The van der Waals surface area contributed by atoms with E-state index in [9.17, 15) is 5.26 Å². The van der Waals surface area contributed by atoms with E-state index < -0.39 is 5.54 Å². The van der Waals surface area contributed by atoms with Crippen molar-refractivity contribution in [3.05, 3.63) is 18.0 Å². The van der Waals surface area contributed by atoms with E-state index in [1.807, 2.05) is 19.9 Å². The maximum atomic E-state index is 9.34. The number of nitriles is 1. The third-order valence-electron chi connectivity index (χ3n) is 2.63. The molecule has 0 bridgehead atoms. The Morgan fingerprint density at radius 3 is 2.68 bits per heavy atom. The standard InChI is InChI=1S/C14H22N4S/c1-10(2)18-14(5,9-15)8-12(4)19-13-16-7-6-11(3)17-13/h6-7,10,12,18H,8H2,1-5H3. The number of nitrogens with zero attached hydrogens (tertiary/aromatic N) is 3. The lowest BCUT2D eigenvalue weighted by Crippen LogP contribution is -2.46. The fourth-order valence-electron chi connectivity index (χ4n) is 2.05. The Morgan fingerprint density at radius 1 is 1.47 bits per heavy atom. The highest BCUT2D eigenvalue weighted by molar-refractivity contribution is 7.99. The molecule has 0 amide bonds. The molecule has 1 N–H and O–H groups in total. The first kappa shape index (κ1) is 15.9. The minimum absolute atomic E-state index is 0.276. The maximum Gasteiger partial charge on any atom is 0.187 e. The maximum absolute atomic E-state index is 9.34. The van der Waals surface area contributed by atoms with Crippen molar-refractivity contribution in [2.45, 2.75) is 63.0 Å². The molecule has 4 nitrogen and oxygen atoms in total. The first-order valence-corrected chi connectivity index (χ1v) is 7.38. The van der Waals surface area contributed by atoms with Crippen LogP contribution in [0.4, 0.5) is 0 Å². The Bertz CT molecular complexity index is 455. The van der Waals surface area contributed by atoms with E-state index in [1.165, 1.54) is 0 Å². The van der Waals surface area contributed by atoms with Crippen LogP contribution in [0.5, 0.6) is 0 Å². The van der Waals surface area contributed by atoms with Crippen molar-refractivity contribution >= 4 is 11.8 Å². The first-order valence-electron chi connectivity index (χ1n) is 6.50. The molecule has 0 aliphatic rings. The topological polar surface area (TPSA) is 61.6 Å². The van der Waals surface area contributed by atoms with Crippen molar-refractivity contribution in [3.8, 4) is 6.07 Å². The van der Waals surface area contributed by atoms with E-state index in [4.69, 9.17) is 0 Å². The fraction of sp³-hybridized carbons (Fsp3) is 0.643. The second-order valence-corrected chi connectivity index (χ2v) is 6.76. The molecular formula is C14H22N4S. The van der Waals surface area contributed by atoms with Crippen molar-refractivity contribution in [2.24, 2.45) is 0 Å². The van der Waals surface area contributed by atoms with Crippen molar-refractivity contribution in [1.82, 2.24) is 15.3 Å². The Labute approximate surface area is 120 Å². The minimum atomic E-state index is -0.510. The molecule has 0 fully saturated rings. The highest BCUT2D eigenvalue weighted by Gasteiger charge is 2.27. The van der Waals surface area contributed by atoms with E-state index in [1.54, 1.807) is 18.0 Å². The second kappa shape index (κ2) is 6.88. The van der Waals surface area contributed by atoms with Gasteiger partial charge in [-0.3, -0.25) is 5.32 Å². The first-order chi connectivity index (χ1) is 8.84. The smallest absolute Gasteiger partial charge is 0.187 e. The van der Waals surface area contributed by atoms with Crippen molar-refractivity contribution in [1.29, 1.82) is 5.26 Å². The van der Waals surface area contributed by atoms with E-state index in [-0.39, 0.29) is 11.3 Å². The van der Waals surface area contributed by atoms with Gasteiger partial charge in [-0.2, -0.15) is 5.26 Å². The number of thioether (sulfide) groups is 1. The van der Waals surface area contributed by atoms with Crippen LogP contribution in [0, 0.1) is 18.3 Å². The van der Waals surface area contributed by atoms with Crippen LogP contribution in [0.25, 0.3) is 0 Å². The third-order valence-corrected chi connectivity index (χ3v) is 3.61. The molecule has 1 aromatic rings. The van der Waals surface area contributed by atoms with E-state index >= 15 is 0 Å². The number of nitrogens with one attached hydrogen (secondary N) is 1. The summed E-state index contributed by atoms with van der Waals surface area (Å²) in [6, 6.07) is 4.54. The Balaban J connectivity index is 2.64. The fourth-order valence-corrected chi connectivity index (χ4v) is 3.15. The minimum Gasteiger partial charge on any atom is -0.297 e. The highest BCUT2D eigenvalue weighted by atomic mass is 32.2. The number of hydrogen-bond acceptors (Lipinski definition) is 5. The van der Waals surface area contributed by atoms with Gasteiger partial charge in [-0.05, 0) is 40.2 Å². The van der Waals surface area contributed by atoms with Crippen LogP contribution < -0.4 is 5.32 Å². The monoisotopic (exact) mass is 278 g/mol. The predicted octanol–water partition coefficient (Wildman–Crippen LogP) is 2.94. The number of hydrogen-bond donors (Lipinski definition) is 1. The normalized spacial score (nSPS) is 15.8. The van der Waals surface area contributed by atoms with Gasteiger partial charge < -0.3 is 0 Å². The number of aromatic nitrogens is 2. The molecule has 0 spiro atoms. The van der Waals surface area contributed by atoms with Crippen LogP contribution in [0.1, 0.15) is 39.8 Å². The van der Waals surface area contributed by atoms with Gasteiger partial charge >= 0.3 is 0 Å².